The number of benzene rings is 1. The second-order valence-corrected chi connectivity index (χ2v) is 18.5. The summed E-state index contributed by atoms with van der Waals surface area (Å²) >= 11 is 0. The van der Waals surface area contributed by atoms with Gasteiger partial charge in [-0.15, -0.1) is 0 Å². The normalized spacial score (nSPS) is 25.6. The molecule has 1 aromatic rings. The lowest BCUT2D eigenvalue weighted by Gasteiger charge is -2.40. The Bertz CT molecular complexity index is 1560. The number of urea groups is 1. The van der Waals surface area contributed by atoms with Gasteiger partial charge in [0.05, 0.1) is 22.2 Å². The molecule has 0 radical (unpaired) electrons. The average Bonchev–Trinajstić information content (AvgIpc) is 3.31. The lowest BCUT2D eigenvalue weighted by molar-refractivity contribution is -0.145. The fourth-order valence-electron chi connectivity index (χ4n) is 8.37. The van der Waals surface area contributed by atoms with Gasteiger partial charge in [-0.25, -0.2) is 13.2 Å². The second kappa shape index (κ2) is 13.7. The van der Waals surface area contributed by atoms with Crippen LogP contribution in [0.3, 0.4) is 0 Å². The number of carbonyl (C=O) groups excluding carboxylic acids is 5. The Morgan fingerprint density at radius 3 is 2.14 bits per heavy atom. The van der Waals surface area contributed by atoms with E-state index in [9.17, 15) is 32.4 Å². The summed E-state index contributed by atoms with van der Waals surface area (Å²) in [7, 11) is -3.72. The predicted octanol–water partition coefficient (Wildman–Crippen LogP) is 3.09. The Balaban J connectivity index is 1.35. The van der Waals surface area contributed by atoms with Crippen LogP contribution in [0.1, 0.15) is 92.4 Å². The first-order valence-corrected chi connectivity index (χ1v) is 19.3. The van der Waals surface area contributed by atoms with Gasteiger partial charge < -0.3 is 26.6 Å². The summed E-state index contributed by atoms with van der Waals surface area (Å²) in [4.78, 5) is 68.5. The molecule has 1 aromatic carbocycles. The van der Waals surface area contributed by atoms with Crippen LogP contribution < -0.4 is 21.7 Å². The summed E-state index contributed by atoms with van der Waals surface area (Å²) in [5.74, 6) is -3.05. The smallest absolute Gasteiger partial charge is 0.315 e. The zero-order valence-corrected chi connectivity index (χ0v) is 30.2. The Hall–Kier alpha value is -3.48. The van der Waals surface area contributed by atoms with E-state index in [1.54, 1.807) is 30.3 Å². The second-order valence-electron chi connectivity index (χ2n) is 16.5. The summed E-state index contributed by atoms with van der Waals surface area (Å²) in [5.41, 5.74) is 3.35. The van der Waals surface area contributed by atoms with Gasteiger partial charge in [-0.2, -0.15) is 0 Å². The van der Waals surface area contributed by atoms with Gasteiger partial charge in [0.2, 0.25) is 17.6 Å². The lowest BCUT2D eigenvalue weighted by Crippen LogP contribution is -2.64. The molecule has 13 heteroatoms. The molecule has 1 aliphatic heterocycles. The van der Waals surface area contributed by atoms with E-state index in [-0.39, 0.29) is 33.8 Å². The van der Waals surface area contributed by atoms with E-state index in [1.807, 2.05) is 34.6 Å². The van der Waals surface area contributed by atoms with Crippen LogP contribution in [0.4, 0.5) is 4.79 Å². The van der Waals surface area contributed by atoms with Gasteiger partial charge in [-0.1, -0.05) is 91.3 Å². The summed E-state index contributed by atoms with van der Waals surface area (Å²) < 4.78 is 26.9. The third kappa shape index (κ3) is 7.81. The molecule has 4 fully saturated rings. The number of nitrogens with zero attached hydrogens (tertiary/aromatic N) is 1. The van der Waals surface area contributed by atoms with Gasteiger partial charge in [0.1, 0.15) is 12.1 Å². The summed E-state index contributed by atoms with van der Waals surface area (Å²) in [6.45, 7) is 9.86. The van der Waals surface area contributed by atoms with Crippen molar-refractivity contribution in [2.75, 3.05) is 12.3 Å². The Kier molecular flexibility index (Phi) is 10.3. The molecule has 3 aliphatic carbocycles. The molecule has 270 valence electrons. The fraction of sp³-hybridized carbons (Fsp3) is 0.694. The van der Waals surface area contributed by atoms with Crippen molar-refractivity contribution < 1.29 is 32.4 Å². The van der Waals surface area contributed by atoms with Crippen LogP contribution in [0.15, 0.2) is 35.2 Å². The molecule has 12 nitrogen and oxygen atoms in total. The van der Waals surface area contributed by atoms with E-state index in [4.69, 9.17) is 5.73 Å². The first-order chi connectivity index (χ1) is 22.9. The number of nitrogens with one attached hydrogen (secondary N) is 3. The molecule has 0 aromatic heterocycles. The topological polar surface area (TPSA) is 185 Å². The zero-order valence-electron chi connectivity index (χ0n) is 29.4. The number of ketones is 1. The van der Waals surface area contributed by atoms with Crippen LogP contribution in [0, 0.1) is 28.6 Å². The number of hydrogen-bond donors (Lipinski definition) is 4. The summed E-state index contributed by atoms with van der Waals surface area (Å²) in [5, 5.41) is 8.65. The highest BCUT2D eigenvalue weighted by Crippen LogP contribution is 2.65. The number of Topliss-reactive ketones (excluding diaryl/α,β-unsaturated/α-hetero) is 1. The molecule has 49 heavy (non-hydrogen) atoms. The summed E-state index contributed by atoms with van der Waals surface area (Å²) in [6, 6.07) is 4.54. The number of fused-ring (bicyclic) bond motifs is 1. The first kappa shape index (κ1) is 36.8. The van der Waals surface area contributed by atoms with Gasteiger partial charge in [0, 0.05) is 6.54 Å². The van der Waals surface area contributed by atoms with Crippen molar-refractivity contribution in [2.24, 2.45) is 34.3 Å². The van der Waals surface area contributed by atoms with E-state index in [0.717, 1.165) is 38.5 Å². The molecule has 5 amide bonds. The third-order valence-corrected chi connectivity index (χ3v) is 13.5. The molecule has 0 spiro atoms. The fourth-order valence-corrected chi connectivity index (χ4v) is 10.2. The number of sulfone groups is 1. The highest BCUT2D eigenvalue weighted by Gasteiger charge is 2.70. The van der Waals surface area contributed by atoms with Crippen LogP contribution in [-0.2, 0) is 29.0 Å². The minimum Gasteiger partial charge on any atom is -0.363 e. The molecule has 3 unspecified atom stereocenters. The minimum atomic E-state index is -3.72. The molecular formula is C36H53N5O7S. The highest BCUT2D eigenvalue weighted by atomic mass is 32.2. The number of amides is 5. The summed E-state index contributed by atoms with van der Waals surface area (Å²) in [6.07, 6.45) is 6.58. The monoisotopic (exact) mass is 699 g/mol. The van der Waals surface area contributed by atoms with Crippen molar-refractivity contribution >= 4 is 39.4 Å². The quantitative estimate of drug-likeness (QED) is 0.242. The van der Waals surface area contributed by atoms with Crippen LogP contribution in [0.25, 0.3) is 0 Å². The van der Waals surface area contributed by atoms with Gasteiger partial charge in [0.15, 0.2) is 9.84 Å². The van der Waals surface area contributed by atoms with E-state index < -0.39 is 68.5 Å². The van der Waals surface area contributed by atoms with Crippen LogP contribution in [0.2, 0.25) is 0 Å². The first-order valence-electron chi connectivity index (χ1n) is 17.7. The molecule has 1 saturated heterocycles. The molecule has 5 N–H and O–H groups in total. The third-order valence-electron chi connectivity index (χ3n) is 11.6. The maximum absolute atomic E-state index is 14.4. The van der Waals surface area contributed by atoms with E-state index >= 15 is 0 Å². The maximum Gasteiger partial charge on any atom is 0.315 e. The Morgan fingerprint density at radius 1 is 0.959 bits per heavy atom. The van der Waals surface area contributed by atoms with Crippen molar-refractivity contribution in [1.29, 1.82) is 0 Å². The van der Waals surface area contributed by atoms with Gasteiger partial charge in [0.25, 0.3) is 5.91 Å². The van der Waals surface area contributed by atoms with Crippen molar-refractivity contribution in [3.8, 4) is 0 Å². The van der Waals surface area contributed by atoms with Gasteiger partial charge in [-0.05, 0) is 60.0 Å². The molecule has 3 saturated carbocycles. The number of nitrogens with two attached hydrogens (primary N) is 1. The van der Waals surface area contributed by atoms with Gasteiger partial charge >= 0.3 is 6.03 Å². The van der Waals surface area contributed by atoms with Crippen LogP contribution in [-0.4, -0.2) is 78.8 Å². The molecule has 0 bridgehead atoms. The number of primary amides is 1. The van der Waals surface area contributed by atoms with Crippen molar-refractivity contribution in [1.82, 2.24) is 20.9 Å². The SMILES string of the molecule is CC1(C)C2CN(C(=O)[C@@H](NC(=O)NC3(CS(=O)(=O)c4ccccc4)CCCCC3)C(C)(C)C)[C@H](C(=O)NC(CC3CCC3)C(=O)C(N)=O)C21. The van der Waals surface area contributed by atoms with Gasteiger partial charge in [-0.3, -0.25) is 19.2 Å². The zero-order chi connectivity index (χ0) is 35.9. The van der Waals surface area contributed by atoms with Crippen molar-refractivity contribution in [3.63, 3.8) is 0 Å². The Labute approximate surface area is 290 Å². The molecule has 5 atom stereocenters. The standard InChI is InChI=1S/C36H53N5O7S/c1-34(2,3)29(39-33(46)40-36(17-10-7-11-18-36)21-49(47,48)23-15-8-6-9-16-23)32(45)41-20-24-26(35(24,4)5)27(41)31(44)38-25(28(42)30(37)43)19-22-13-12-14-22/h6,8-9,15-16,22,24-27,29H,7,10-14,17-21H2,1-5H3,(H2,37,43)(H,38,44)(H2,39,40,46)/t24?,25?,26?,27-,29+/m0/s1. The predicted molar refractivity (Wildman–Crippen MR) is 184 cm³/mol. The largest absolute Gasteiger partial charge is 0.363 e. The minimum absolute atomic E-state index is 0.0484. The number of hydrogen-bond acceptors (Lipinski definition) is 7. The molecule has 4 aliphatic rings. The van der Waals surface area contributed by atoms with Crippen LogP contribution in [0.5, 0.6) is 0 Å². The Morgan fingerprint density at radius 2 is 1.59 bits per heavy atom. The molecule has 1 heterocycles. The number of carbonyl (C=O) groups is 5. The molecule has 5 rings (SSSR count). The lowest BCUT2D eigenvalue weighted by atomic mass is 9.80. The van der Waals surface area contributed by atoms with E-state index in [2.05, 4.69) is 16.0 Å². The van der Waals surface area contributed by atoms with Crippen molar-refractivity contribution in [2.45, 2.75) is 121 Å². The van der Waals surface area contributed by atoms with E-state index in [1.165, 1.54) is 4.90 Å². The highest BCUT2D eigenvalue weighted by molar-refractivity contribution is 7.91. The molecular weight excluding hydrogens is 646 g/mol. The number of rotatable bonds is 12. The van der Waals surface area contributed by atoms with Crippen molar-refractivity contribution in [3.05, 3.63) is 30.3 Å². The number of piperidine rings is 1. The number of likely N-dealkylation sites (tertiary alicyclic amines) is 1. The van der Waals surface area contributed by atoms with E-state index in [0.29, 0.717) is 25.8 Å². The maximum atomic E-state index is 14.4. The van der Waals surface area contributed by atoms with Crippen LogP contribution >= 0.6 is 0 Å². The average molecular weight is 700 g/mol.